The number of rotatable bonds is 5. The van der Waals surface area contributed by atoms with Gasteiger partial charge in [0.2, 0.25) is 5.95 Å². The zero-order valence-corrected chi connectivity index (χ0v) is 19.6. The van der Waals surface area contributed by atoms with Gasteiger partial charge in [0.15, 0.2) is 0 Å². The average Bonchev–Trinajstić information content (AvgIpc) is 3.10. The molecule has 2 heterocycles. The molecule has 0 unspecified atom stereocenters. The molecule has 1 atom stereocenters. The van der Waals surface area contributed by atoms with Crippen molar-refractivity contribution in [2.75, 3.05) is 18.4 Å². The number of anilines is 1. The molecular formula is C26H34N4O2. The van der Waals surface area contributed by atoms with Crippen LogP contribution in [-0.2, 0) is 11.3 Å². The van der Waals surface area contributed by atoms with Crippen LogP contribution in [0, 0.1) is 6.92 Å². The number of piperidine rings is 1. The second-order valence-corrected chi connectivity index (χ2v) is 9.70. The average molecular weight is 435 g/mol. The van der Waals surface area contributed by atoms with Crippen molar-refractivity contribution in [3.63, 3.8) is 0 Å². The van der Waals surface area contributed by atoms with Crippen molar-refractivity contribution in [3.05, 3.63) is 59.7 Å². The molecule has 1 aliphatic rings. The monoisotopic (exact) mass is 434 g/mol. The molecule has 4 rings (SSSR count). The molecule has 1 fully saturated rings. The van der Waals surface area contributed by atoms with Gasteiger partial charge in [-0.15, -0.1) is 0 Å². The van der Waals surface area contributed by atoms with E-state index in [-0.39, 0.29) is 12.1 Å². The molecule has 0 bridgehead atoms. The second-order valence-electron chi connectivity index (χ2n) is 9.70. The highest BCUT2D eigenvalue weighted by atomic mass is 16.6. The number of nitrogens with zero attached hydrogens (tertiary/aromatic N) is 3. The van der Waals surface area contributed by atoms with Gasteiger partial charge in [-0.05, 0) is 64.7 Å². The number of likely N-dealkylation sites (tertiary alicyclic amines) is 1. The number of carbonyl (C=O) groups is 1. The fourth-order valence-corrected chi connectivity index (χ4v) is 4.23. The van der Waals surface area contributed by atoms with Crippen molar-refractivity contribution in [1.29, 1.82) is 0 Å². The number of amides is 1. The van der Waals surface area contributed by atoms with Gasteiger partial charge in [0.25, 0.3) is 0 Å². The van der Waals surface area contributed by atoms with Gasteiger partial charge in [0.1, 0.15) is 5.60 Å². The minimum absolute atomic E-state index is 0.0891. The van der Waals surface area contributed by atoms with Gasteiger partial charge in [0.05, 0.1) is 23.6 Å². The third-order valence-corrected chi connectivity index (χ3v) is 5.87. The molecule has 1 saturated heterocycles. The van der Waals surface area contributed by atoms with E-state index in [0.717, 1.165) is 49.3 Å². The molecule has 1 amide bonds. The van der Waals surface area contributed by atoms with E-state index in [4.69, 9.17) is 9.72 Å². The van der Waals surface area contributed by atoms with E-state index in [1.54, 1.807) is 0 Å². The Hall–Kier alpha value is -3.02. The van der Waals surface area contributed by atoms with Crippen LogP contribution in [0.25, 0.3) is 11.0 Å². The summed E-state index contributed by atoms with van der Waals surface area (Å²) < 4.78 is 7.88. The molecule has 32 heavy (non-hydrogen) atoms. The highest BCUT2D eigenvalue weighted by Crippen LogP contribution is 2.24. The van der Waals surface area contributed by atoms with Crippen LogP contribution in [0.4, 0.5) is 10.7 Å². The fraction of sp³-hybridized carbons (Fsp3) is 0.462. The molecule has 1 aromatic heterocycles. The first kappa shape index (κ1) is 22.2. The smallest absolute Gasteiger partial charge is 0.410 e. The molecule has 1 N–H and O–H groups in total. The summed E-state index contributed by atoms with van der Waals surface area (Å²) in [5.74, 6) is 0.835. The van der Waals surface area contributed by atoms with Crippen LogP contribution in [0.2, 0.25) is 0 Å². The van der Waals surface area contributed by atoms with E-state index >= 15 is 0 Å². The third kappa shape index (κ3) is 5.23. The Bertz CT molecular complexity index is 1070. The van der Waals surface area contributed by atoms with Crippen molar-refractivity contribution < 1.29 is 9.53 Å². The van der Waals surface area contributed by atoms with Crippen LogP contribution >= 0.6 is 0 Å². The van der Waals surface area contributed by atoms with Crippen molar-refractivity contribution in [2.45, 2.75) is 65.1 Å². The minimum atomic E-state index is -0.492. The van der Waals surface area contributed by atoms with Gasteiger partial charge in [-0.3, -0.25) is 0 Å². The number of benzene rings is 2. The van der Waals surface area contributed by atoms with E-state index in [1.807, 2.05) is 43.9 Å². The number of aromatic nitrogens is 2. The SMILES string of the molecule is Cc1ccc(Cn2c(NC[C@H]3CCCCN3C(=O)OC(C)(C)C)nc3ccccc32)cc1. The lowest BCUT2D eigenvalue weighted by Crippen LogP contribution is -2.49. The summed E-state index contributed by atoms with van der Waals surface area (Å²) in [6, 6.07) is 16.9. The lowest BCUT2D eigenvalue weighted by atomic mass is 10.0. The van der Waals surface area contributed by atoms with Crippen molar-refractivity contribution in [2.24, 2.45) is 0 Å². The van der Waals surface area contributed by atoms with E-state index in [0.29, 0.717) is 6.54 Å². The number of aryl methyl sites for hydroxylation is 1. The first-order valence-corrected chi connectivity index (χ1v) is 11.5. The predicted octanol–water partition coefficient (Wildman–Crippen LogP) is 5.59. The minimum Gasteiger partial charge on any atom is -0.444 e. The second kappa shape index (κ2) is 9.23. The molecule has 1 aliphatic heterocycles. The molecule has 0 saturated carbocycles. The molecule has 0 aliphatic carbocycles. The zero-order chi connectivity index (χ0) is 22.7. The van der Waals surface area contributed by atoms with E-state index in [1.165, 1.54) is 11.1 Å². The summed E-state index contributed by atoms with van der Waals surface area (Å²) in [6.45, 7) is 9.96. The molecule has 6 heteroatoms. The Kier molecular flexibility index (Phi) is 6.40. The molecule has 2 aromatic carbocycles. The molecule has 0 radical (unpaired) electrons. The summed E-state index contributed by atoms with van der Waals surface area (Å²) in [4.78, 5) is 19.5. The summed E-state index contributed by atoms with van der Waals surface area (Å²) in [7, 11) is 0. The highest BCUT2D eigenvalue weighted by molar-refractivity contribution is 5.78. The summed E-state index contributed by atoms with van der Waals surface area (Å²) in [5.41, 5.74) is 4.06. The molecule has 3 aromatic rings. The van der Waals surface area contributed by atoms with Crippen LogP contribution in [0.5, 0.6) is 0 Å². The first-order chi connectivity index (χ1) is 15.3. The van der Waals surface area contributed by atoms with Gasteiger partial charge >= 0.3 is 6.09 Å². The normalized spacial score (nSPS) is 16.9. The maximum Gasteiger partial charge on any atom is 0.410 e. The molecular weight excluding hydrogens is 400 g/mol. The standard InChI is InChI=1S/C26H34N4O2/c1-19-12-14-20(15-13-19)18-30-23-11-6-5-10-22(23)28-24(30)27-17-21-9-7-8-16-29(21)25(31)32-26(2,3)4/h5-6,10-15,21H,7-9,16-18H2,1-4H3,(H,27,28)/t21-/m1/s1. The molecule has 170 valence electrons. The number of hydrogen-bond acceptors (Lipinski definition) is 4. The van der Waals surface area contributed by atoms with E-state index in [9.17, 15) is 4.79 Å². The van der Waals surface area contributed by atoms with Crippen molar-refractivity contribution in [1.82, 2.24) is 14.5 Å². The lowest BCUT2D eigenvalue weighted by molar-refractivity contribution is 0.0114. The fourth-order valence-electron chi connectivity index (χ4n) is 4.23. The number of nitrogens with one attached hydrogen (secondary N) is 1. The van der Waals surface area contributed by atoms with Gasteiger partial charge < -0.3 is 19.5 Å². The van der Waals surface area contributed by atoms with Gasteiger partial charge in [0, 0.05) is 13.1 Å². The maximum atomic E-state index is 12.8. The van der Waals surface area contributed by atoms with Crippen LogP contribution in [-0.4, -0.2) is 45.3 Å². The van der Waals surface area contributed by atoms with Crippen LogP contribution in [0.3, 0.4) is 0 Å². The number of imidazole rings is 1. The topological polar surface area (TPSA) is 59.4 Å². The number of para-hydroxylation sites is 2. The largest absolute Gasteiger partial charge is 0.444 e. The number of carbonyl (C=O) groups excluding carboxylic acids is 1. The maximum absolute atomic E-state index is 12.8. The predicted molar refractivity (Wildman–Crippen MR) is 129 cm³/mol. The molecule has 0 spiro atoms. The summed E-state index contributed by atoms with van der Waals surface area (Å²) in [5, 5.41) is 3.55. The number of fused-ring (bicyclic) bond motifs is 1. The zero-order valence-electron chi connectivity index (χ0n) is 19.6. The Labute approximate surface area is 190 Å². The van der Waals surface area contributed by atoms with Gasteiger partial charge in [-0.25, -0.2) is 9.78 Å². The molecule has 6 nitrogen and oxygen atoms in total. The Morgan fingerprint density at radius 2 is 1.88 bits per heavy atom. The van der Waals surface area contributed by atoms with E-state index in [2.05, 4.69) is 47.1 Å². The Morgan fingerprint density at radius 3 is 2.62 bits per heavy atom. The number of hydrogen-bond donors (Lipinski definition) is 1. The summed E-state index contributed by atoms with van der Waals surface area (Å²) in [6.07, 6.45) is 2.87. The Balaban J connectivity index is 1.54. The van der Waals surface area contributed by atoms with Crippen molar-refractivity contribution in [3.8, 4) is 0 Å². The quantitative estimate of drug-likeness (QED) is 0.568. The Morgan fingerprint density at radius 1 is 1.12 bits per heavy atom. The van der Waals surface area contributed by atoms with E-state index < -0.39 is 5.60 Å². The highest BCUT2D eigenvalue weighted by Gasteiger charge is 2.30. The van der Waals surface area contributed by atoms with Crippen LogP contribution in [0.15, 0.2) is 48.5 Å². The lowest BCUT2D eigenvalue weighted by Gasteiger charge is -2.36. The van der Waals surface area contributed by atoms with Gasteiger partial charge in [-0.1, -0.05) is 42.0 Å². The van der Waals surface area contributed by atoms with Crippen LogP contribution < -0.4 is 5.32 Å². The van der Waals surface area contributed by atoms with Crippen molar-refractivity contribution >= 4 is 23.1 Å². The van der Waals surface area contributed by atoms with Gasteiger partial charge in [-0.2, -0.15) is 0 Å². The first-order valence-electron chi connectivity index (χ1n) is 11.5. The van der Waals surface area contributed by atoms with Crippen LogP contribution in [0.1, 0.15) is 51.2 Å². The summed E-state index contributed by atoms with van der Waals surface area (Å²) >= 11 is 0. The third-order valence-electron chi connectivity index (χ3n) is 5.87. The number of ether oxygens (including phenoxy) is 1.